The number of anilines is 1. The van der Waals surface area contributed by atoms with Crippen LogP contribution in [-0.2, 0) is 4.74 Å². The van der Waals surface area contributed by atoms with Crippen molar-refractivity contribution in [3.63, 3.8) is 0 Å². The first-order chi connectivity index (χ1) is 8.93. The van der Waals surface area contributed by atoms with Crippen LogP contribution in [0.4, 0.5) is 10.5 Å². The van der Waals surface area contributed by atoms with Crippen molar-refractivity contribution in [2.45, 2.75) is 13.8 Å². The largest absolute Gasteiger partial charge is 0.497 e. The molecule has 1 amide bonds. The van der Waals surface area contributed by atoms with Gasteiger partial charge in [0.25, 0.3) is 0 Å². The Labute approximate surface area is 111 Å². The van der Waals surface area contributed by atoms with Crippen LogP contribution in [0.2, 0.25) is 0 Å². The van der Waals surface area contributed by atoms with Crippen LogP contribution in [0.3, 0.4) is 0 Å². The predicted octanol–water partition coefficient (Wildman–Crippen LogP) is 2.60. The van der Waals surface area contributed by atoms with Gasteiger partial charge in [0, 0.05) is 6.07 Å². The third-order valence-corrected chi connectivity index (χ3v) is 2.24. The third-order valence-electron chi connectivity index (χ3n) is 2.24. The van der Waals surface area contributed by atoms with Crippen molar-refractivity contribution in [3.05, 3.63) is 23.8 Å². The lowest BCUT2D eigenvalue weighted by Gasteiger charge is -2.11. The molecule has 0 heterocycles. The van der Waals surface area contributed by atoms with Gasteiger partial charge < -0.3 is 14.6 Å². The smallest absolute Gasteiger partial charge is 0.411 e. The maximum Gasteiger partial charge on any atom is 0.411 e. The topological polar surface area (TPSA) is 84.9 Å². The van der Waals surface area contributed by atoms with E-state index in [0.29, 0.717) is 5.75 Å². The maximum atomic E-state index is 11.5. The van der Waals surface area contributed by atoms with E-state index in [9.17, 15) is 9.59 Å². The summed E-state index contributed by atoms with van der Waals surface area (Å²) in [4.78, 5) is 22.6. The van der Waals surface area contributed by atoms with Gasteiger partial charge in [-0.25, -0.2) is 9.59 Å². The minimum atomic E-state index is -1.14. The molecule has 1 aromatic carbocycles. The number of amides is 1. The summed E-state index contributed by atoms with van der Waals surface area (Å²) in [7, 11) is 1.45. The maximum absolute atomic E-state index is 11.5. The van der Waals surface area contributed by atoms with Crippen LogP contribution in [0.5, 0.6) is 5.75 Å². The summed E-state index contributed by atoms with van der Waals surface area (Å²) in [6, 6.07) is 4.30. The first-order valence-corrected chi connectivity index (χ1v) is 5.79. The number of carbonyl (C=O) groups is 2. The molecule has 0 saturated carbocycles. The van der Waals surface area contributed by atoms with Crippen LogP contribution >= 0.6 is 0 Å². The molecule has 6 nitrogen and oxygen atoms in total. The number of hydrogen-bond donors (Lipinski definition) is 2. The Morgan fingerprint density at radius 3 is 2.58 bits per heavy atom. The van der Waals surface area contributed by atoms with E-state index in [1.54, 1.807) is 0 Å². The fraction of sp³-hybridized carbons (Fsp3) is 0.385. The van der Waals surface area contributed by atoms with Gasteiger partial charge in [-0.2, -0.15) is 0 Å². The number of nitrogens with one attached hydrogen (secondary N) is 1. The van der Waals surface area contributed by atoms with Crippen molar-refractivity contribution in [3.8, 4) is 5.75 Å². The second-order valence-corrected chi connectivity index (χ2v) is 4.33. The van der Waals surface area contributed by atoms with Gasteiger partial charge in [-0.05, 0) is 18.1 Å². The summed E-state index contributed by atoms with van der Waals surface area (Å²) in [5.41, 5.74) is 0.114. The second-order valence-electron chi connectivity index (χ2n) is 4.33. The molecular weight excluding hydrogens is 250 g/mol. The number of carboxylic acids is 1. The minimum absolute atomic E-state index is 0.0257. The van der Waals surface area contributed by atoms with E-state index in [1.165, 1.54) is 25.3 Å². The fourth-order valence-electron chi connectivity index (χ4n) is 1.33. The number of methoxy groups -OCH3 is 1. The highest BCUT2D eigenvalue weighted by molar-refractivity contribution is 5.99. The Hall–Kier alpha value is -2.24. The first-order valence-electron chi connectivity index (χ1n) is 5.79. The van der Waals surface area contributed by atoms with Crippen molar-refractivity contribution in [2.75, 3.05) is 19.0 Å². The van der Waals surface area contributed by atoms with Gasteiger partial charge >= 0.3 is 12.1 Å². The highest BCUT2D eigenvalue weighted by Gasteiger charge is 2.14. The molecule has 19 heavy (non-hydrogen) atoms. The summed E-state index contributed by atoms with van der Waals surface area (Å²) in [5.74, 6) is -0.485. The molecule has 104 valence electrons. The summed E-state index contributed by atoms with van der Waals surface area (Å²) >= 11 is 0. The molecule has 2 N–H and O–H groups in total. The molecule has 0 aliphatic carbocycles. The lowest BCUT2D eigenvalue weighted by molar-refractivity contribution is 0.0698. The molecule has 0 saturated heterocycles. The molecule has 0 aliphatic rings. The molecule has 0 aliphatic heterocycles. The van der Waals surface area contributed by atoms with Crippen LogP contribution in [-0.4, -0.2) is 30.9 Å². The minimum Gasteiger partial charge on any atom is -0.497 e. The summed E-state index contributed by atoms with van der Waals surface area (Å²) < 4.78 is 9.92. The number of carbonyl (C=O) groups excluding carboxylic acids is 1. The van der Waals surface area contributed by atoms with E-state index in [0.717, 1.165) is 0 Å². The van der Waals surface area contributed by atoms with Crippen LogP contribution in [0.25, 0.3) is 0 Å². The van der Waals surface area contributed by atoms with Gasteiger partial charge in [0.15, 0.2) is 0 Å². The number of benzene rings is 1. The van der Waals surface area contributed by atoms with Crippen molar-refractivity contribution >= 4 is 17.7 Å². The van der Waals surface area contributed by atoms with Gasteiger partial charge in [0.1, 0.15) is 5.75 Å². The zero-order valence-electron chi connectivity index (χ0n) is 11.1. The van der Waals surface area contributed by atoms with E-state index in [1.807, 2.05) is 13.8 Å². The van der Waals surface area contributed by atoms with Crippen LogP contribution in [0.15, 0.2) is 18.2 Å². The lowest BCUT2D eigenvalue weighted by Crippen LogP contribution is -2.18. The molecular formula is C13H17NO5. The second kappa shape index (κ2) is 6.63. The molecule has 0 radical (unpaired) electrons. The SMILES string of the molecule is COc1ccc(C(=O)O)c(NC(=O)OCC(C)C)c1. The van der Waals surface area contributed by atoms with Gasteiger partial charge in [-0.15, -0.1) is 0 Å². The summed E-state index contributed by atoms with van der Waals surface area (Å²) in [6.07, 6.45) is -0.690. The Kier molecular flexibility index (Phi) is 5.17. The molecule has 0 aromatic heterocycles. The molecule has 0 bridgehead atoms. The number of rotatable bonds is 5. The van der Waals surface area contributed by atoms with E-state index in [2.05, 4.69) is 5.32 Å². The van der Waals surface area contributed by atoms with Crippen molar-refractivity contribution < 1.29 is 24.2 Å². The monoisotopic (exact) mass is 267 g/mol. The van der Waals surface area contributed by atoms with Crippen molar-refractivity contribution in [1.29, 1.82) is 0 Å². The molecule has 0 unspecified atom stereocenters. The van der Waals surface area contributed by atoms with Crippen LogP contribution in [0.1, 0.15) is 24.2 Å². The normalized spacial score (nSPS) is 10.1. The van der Waals surface area contributed by atoms with Crippen molar-refractivity contribution in [2.24, 2.45) is 5.92 Å². The average Bonchev–Trinajstić information content (AvgIpc) is 2.35. The molecule has 0 spiro atoms. The number of hydrogen-bond acceptors (Lipinski definition) is 4. The van der Waals surface area contributed by atoms with Gasteiger partial charge in [-0.1, -0.05) is 13.8 Å². The van der Waals surface area contributed by atoms with E-state index in [-0.39, 0.29) is 23.8 Å². The lowest BCUT2D eigenvalue weighted by atomic mass is 10.1. The van der Waals surface area contributed by atoms with Crippen LogP contribution < -0.4 is 10.1 Å². The fourth-order valence-corrected chi connectivity index (χ4v) is 1.33. The molecule has 1 rings (SSSR count). The van der Waals surface area contributed by atoms with Gasteiger partial charge in [0.05, 0.1) is 25.0 Å². The Morgan fingerprint density at radius 1 is 1.37 bits per heavy atom. The Bertz CT molecular complexity index is 470. The average molecular weight is 267 g/mol. The molecule has 0 atom stereocenters. The zero-order valence-corrected chi connectivity index (χ0v) is 11.1. The van der Waals surface area contributed by atoms with Gasteiger partial charge in [0.2, 0.25) is 0 Å². The Morgan fingerprint density at radius 2 is 2.05 bits per heavy atom. The molecule has 1 aromatic rings. The van der Waals surface area contributed by atoms with Crippen molar-refractivity contribution in [1.82, 2.24) is 0 Å². The zero-order chi connectivity index (χ0) is 14.4. The summed E-state index contributed by atoms with van der Waals surface area (Å²) in [5, 5.41) is 11.4. The van der Waals surface area contributed by atoms with E-state index in [4.69, 9.17) is 14.6 Å². The van der Waals surface area contributed by atoms with Crippen LogP contribution in [0, 0.1) is 5.92 Å². The summed E-state index contributed by atoms with van der Waals surface area (Å²) in [6.45, 7) is 4.07. The van der Waals surface area contributed by atoms with E-state index < -0.39 is 12.1 Å². The van der Waals surface area contributed by atoms with Gasteiger partial charge in [-0.3, -0.25) is 5.32 Å². The predicted molar refractivity (Wildman–Crippen MR) is 69.8 cm³/mol. The highest BCUT2D eigenvalue weighted by atomic mass is 16.5. The molecule has 6 heteroatoms. The van der Waals surface area contributed by atoms with E-state index >= 15 is 0 Å². The number of aromatic carboxylic acids is 1. The first kappa shape index (κ1) is 14.8. The third kappa shape index (κ3) is 4.50. The standard InChI is InChI=1S/C13H17NO5/c1-8(2)7-19-13(17)14-11-6-9(18-3)4-5-10(11)12(15)16/h4-6,8H,7H2,1-3H3,(H,14,17)(H,15,16). The number of ether oxygens (including phenoxy) is 2. The Balaban J connectivity index is 2.85. The molecule has 0 fully saturated rings. The number of carboxylic acid groups (broad SMARTS) is 1. The highest BCUT2D eigenvalue weighted by Crippen LogP contribution is 2.22. The quantitative estimate of drug-likeness (QED) is 0.856.